The molecule has 0 aliphatic carbocycles. The molecule has 128 valence electrons. The fraction of sp³-hybridized carbons (Fsp3) is 0.625. The fourth-order valence-electron chi connectivity index (χ4n) is 3.11. The largest absolute Gasteiger partial charge is 0.392 e. The molecular weight excluding hydrogens is 307 g/mol. The van der Waals surface area contributed by atoms with Crippen molar-refractivity contribution in [2.24, 2.45) is 11.3 Å². The fourth-order valence-corrected chi connectivity index (χ4v) is 3.11. The number of rotatable bonds is 3. The van der Waals surface area contributed by atoms with Crippen molar-refractivity contribution in [1.29, 1.82) is 0 Å². The summed E-state index contributed by atoms with van der Waals surface area (Å²) in [6.45, 7) is 3.81. The third-order valence-electron chi connectivity index (χ3n) is 4.32. The summed E-state index contributed by atoms with van der Waals surface area (Å²) in [5.41, 5.74) is 0.0286. The average molecular weight is 329 g/mol. The molecule has 2 rings (SSSR count). The lowest BCUT2D eigenvalue weighted by Gasteiger charge is -2.44. The maximum Gasteiger partial charge on any atom is 0.392 e. The molecule has 7 heteroatoms. The number of carbonyl (C=O) groups is 1. The van der Waals surface area contributed by atoms with Crippen molar-refractivity contribution in [2.75, 3.05) is 19.6 Å². The molecule has 1 atom stereocenters. The number of piperidine rings is 1. The Morgan fingerprint density at radius 3 is 2.78 bits per heavy atom. The van der Waals surface area contributed by atoms with E-state index in [-0.39, 0.29) is 25.5 Å². The van der Waals surface area contributed by atoms with Gasteiger partial charge in [0.25, 0.3) is 0 Å². The highest BCUT2D eigenvalue weighted by molar-refractivity contribution is 5.74. The summed E-state index contributed by atoms with van der Waals surface area (Å²) in [4.78, 5) is 17.6. The summed E-state index contributed by atoms with van der Waals surface area (Å²) in [6.07, 6.45) is -0.222. The Morgan fingerprint density at radius 2 is 2.22 bits per heavy atom. The molecule has 1 fully saturated rings. The Morgan fingerprint density at radius 1 is 1.48 bits per heavy atom. The number of alkyl halides is 3. The van der Waals surface area contributed by atoms with E-state index in [1.807, 2.05) is 12.1 Å². The van der Waals surface area contributed by atoms with Crippen LogP contribution in [0.4, 0.5) is 18.0 Å². The minimum Gasteiger partial charge on any atom is -0.338 e. The number of amides is 2. The molecule has 1 aromatic rings. The predicted octanol–water partition coefficient (Wildman–Crippen LogP) is 3.24. The number of halogens is 3. The molecular formula is C16H22F3N3O. The van der Waals surface area contributed by atoms with Crippen LogP contribution in [0.3, 0.4) is 0 Å². The second-order valence-electron chi connectivity index (χ2n) is 6.64. The number of hydrogen-bond donors (Lipinski definition) is 1. The van der Waals surface area contributed by atoms with Gasteiger partial charge in [-0.3, -0.25) is 4.98 Å². The lowest BCUT2D eigenvalue weighted by atomic mass is 9.73. The average Bonchev–Trinajstić information content (AvgIpc) is 2.45. The van der Waals surface area contributed by atoms with Crippen LogP contribution in [-0.2, 0) is 6.42 Å². The molecule has 0 saturated carbocycles. The van der Waals surface area contributed by atoms with Crippen LogP contribution in [0.25, 0.3) is 0 Å². The molecule has 2 amide bonds. The standard InChI is InChI=1S/C16H22F3N3O/c1-15(2)11-22(9-6-13(15)16(17,18)19)14(23)21-8-5-12-4-3-7-20-10-12/h3-4,7,10,13H,5-6,8-9,11H2,1-2H3,(H,21,23)/t13-/m1/s1. The van der Waals surface area contributed by atoms with Gasteiger partial charge in [-0.1, -0.05) is 19.9 Å². The van der Waals surface area contributed by atoms with E-state index in [1.165, 1.54) is 4.90 Å². The van der Waals surface area contributed by atoms with Crippen LogP contribution in [-0.4, -0.2) is 41.7 Å². The predicted molar refractivity (Wildman–Crippen MR) is 80.9 cm³/mol. The smallest absolute Gasteiger partial charge is 0.338 e. The molecule has 1 aliphatic heterocycles. The molecule has 1 aliphatic rings. The summed E-state index contributed by atoms with van der Waals surface area (Å²) in [5.74, 6) is -1.37. The zero-order chi connectivity index (χ0) is 17.1. The summed E-state index contributed by atoms with van der Waals surface area (Å²) in [5, 5.41) is 2.77. The van der Waals surface area contributed by atoms with E-state index in [9.17, 15) is 18.0 Å². The third kappa shape index (κ3) is 4.59. The Bertz CT molecular complexity index is 531. The monoisotopic (exact) mass is 329 g/mol. The molecule has 0 bridgehead atoms. The van der Waals surface area contributed by atoms with E-state index in [2.05, 4.69) is 10.3 Å². The number of urea groups is 1. The molecule has 23 heavy (non-hydrogen) atoms. The van der Waals surface area contributed by atoms with E-state index >= 15 is 0 Å². The van der Waals surface area contributed by atoms with Gasteiger partial charge in [-0.2, -0.15) is 13.2 Å². The molecule has 0 radical (unpaired) electrons. The lowest BCUT2D eigenvalue weighted by molar-refractivity contribution is -0.214. The number of carbonyl (C=O) groups excluding carboxylic acids is 1. The van der Waals surface area contributed by atoms with Crippen molar-refractivity contribution in [1.82, 2.24) is 15.2 Å². The normalized spacial score (nSPS) is 21.1. The molecule has 0 unspecified atom stereocenters. The number of aromatic nitrogens is 1. The minimum atomic E-state index is -4.22. The zero-order valence-corrected chi connectivity index (χ0v) is 13.4. The zero-order valence-electron chi connectivity index (χ0n) is 13.4. The number of pyridine rings is 1. The molecule has 2 heterocycles. The summed E-state index contributed by atoms with van der Waals surface area (Å²) in [7, 11) is 0. The van der Waals surface area contributed by atoms with Crippen molar-refractivity contribution < 1.29 is 18.0 Å². The number of nitrogens with one attached hydrogen (secondary N) is 1. The van der Waals surface area contributed by atoms with Crippen molar-refractivity contribution in [3.8, 4) is 0 Å². The van der Waals surface area contributed by atoms with Gasteiger partial charge in [0, 0.05) is 32.0 Å². The van der Waals surface area contributed by atoms with Gasteiger partial charge in [-0.25, -0.2) is 4.79 Å². The summed E-state index contributed by atoms with van der Waals surface area (Å²) in [6, 6.07) is 3.43. The third-order valence-corrected chi connectivity index (χ3v) is 4.32. The van der Waals surface area contributed by atoms with E-state index in [0.717, 1.165) is 5.56 Å². The SMILES string of the molecule is CC1(C)CN(C(=O)NCCc2cccnc2)CC[C@H]1C(F)(F)F. The van der Waals surface area contributed by atoms with Crippen molar-refractivity contribution >= 4 is 6.03 Å². The quantitative estimate of drug-likeness (QED) is 0.925. The molecule has 1 saturated heterocycles. The highest BCUT2D eigenvalue weighted by Gasteiger charge is 2.51. The van der Waals surface area contributed by atoms with Crippen molar-refractivity contribution in [3.05, 3.63) is 30.1 Å². The van der Waals surface area contributed by atoms with Crippen LogP contribution in [0, 0.1) is 11.3 Å². The van der Waals surface area contributed by atoms with E-state index in [0.29, 0.717) is 13.0 Å². The Hall–Kier alpha value is -1.79. The lowest BCUT2D eigenvalue weighted by Crippen LogP contribution is -2.54. The first kappa shape index (κ1) is 17.6. The first-order chi connectivity index (χ1) is 10.7. The Labute approximate surface area is 134 Å². The van der Waals surface area contributed by atoms with Crippen LogP contribution in [0.1, 0.15) is 25.8 Å². The number of hydrogen-bond acceptors (Lipinski definition) is 2. The minimum absolute atomic E-state index is 0.0491. The van der Waals surface area contributed by atoms with Gasteiger partial charge in [0.15, 0.2) is 0 Å². The maximum absolute atomic E-state index is 13.0. The second kappa shape index (κ2) is 6.76. The van der Waals surface area contributed by atoms with Crippen LogP contribution in [0.2, 0.25) is 0 Å². The highest BCUT2D eigenvalue weighted by Crippen LogP contribution is 2.44. The molecule has 0 spiro atoms. The topological polar surface area (TPSA) is 45.2 Å². The number of nitrogens with zero attached hydrogens (tertiary/aromatic N) is 2. The van der Waals surface area contributed by atoms with Gasteiger partial charge in [-0.15, -0.1) is 0 Å². The first-order valence-corrected chi connectivity index (χ1v) is 7.68. The first-order valence-electron chi connectivity index (χ1n) is 7.68. The summed E-state index contributed by atoms with van der Waals surface area (Å²) < 4.78 is 39.1. The highest BCUT2D eigenvalue weighted by atomic mass is 19.4. The van der Waals surface area contributed by atoms with E-state index in [4.69, 9.17) is 0 Å². The van der Waals surface area contributed by atoms with Gasteiger partial charge < -0.3 is 10.2 Å². The van der Waals surface area contributed by atoms with Gasteiger partial charge in [0.1, 0.15) is 0 Å². The van der Waals surface area contributed by atoms with Crippen LogP contribution in [0.15, 0.2) is 24.5 Å². The molecule has 4 nitrogen and oxygen atoms in total. The van der Waals surface area contributed by atoms with Gasteiger partial charge in [0.2, 0.25) is 0 Å². The van der Waals surface area contributed by atoms with Crippen LogP contribution >= 0.6 is 0 Å². The van der Waals surface area contributed by atoms with Crippen LogP contribution < -0.4 is 5.32 Å². The Balaban J connectivity index is 1.85. The number of likely N-dealkylation sites (tertiary alicyclic amines) is 1. The maximum atomic E-state index is 13.0. The molecule has 0 aromatic carbocycles. The van der Waals surface area contributed by atoms with Gasteiger partial charge in [0.05, 0.1) is 5.92 Å². The Kier molecular flexibility index (Phi) is 5.16. The van der Waals surface area contributed by atoms with Gasteiger partial charge >= 0.3 is 12.2 Å². The summed E-state index contributed by atoms with van der Waals surface area (Å²) >= 11 is 0. The van der Waals surface area contributed by atoms with E-state index < -0.39 is 17.5 Å². The molecule has 1 aromatic heterocycles. The van der Waals surface area contributed by atoms with Gasteiger partial charge in [-0.05, 0) is 29.9 Å². The van der Waals surface area contributed by atoms with Crippen molar-refractivity contribution in [3.63, 3.8) is 0 Å². The van der Waals surface area contributed by atoms with Crippen molar-refractivity contribution in [2.45, 2.75) is 32.9 Å². The van der Waals surface area contributed by atoms with E-state index in [1.54, 1.807) is 26.2 Å². The van der Waals surface area contributed by atoms with Crippen LogP contribution in [0.5, 0.6) is 0 Å². The second-order valence-corrected chi connectivity index (χ2v) is 6.64. The molecule has 1 N–H and O–H groups in total.